The lowest BCUT2D eigenvalue weighted by Gasteiger charge is -2.22. The highest BCUT2D eigenvalue weighted by Crippen LogP contribution is 2.18. The largest absolute Gasteiger partial charge is 0.481 e. The highest BCUT2D eigenvalue weighted by Gasteiger charge is 2.17. The third-order valence-corrected chi connectivity index (χ3v) is 3.41. The number of carboxylic acid groups (broad SMARTS) is 1. The maximum absolute atomic E-state index is 12.4. The van der Waals surface area contributed by atoms with Crippen molar-refractivity contribution >= 4 is 23.5 Å². The molecule has 6 heteroatoms. The molecular weight excluding hydrogens is 284 g/mol. The molecule has 6 nitrogen and oxygen atoms in total. The normalized spacial score (nSPS) is 10.4. The van der Waals surface area contributed by atoms with Gasteiger partial charge in [0, 0.05) is 30.8 Å². The highest BCUT2D eigenvalue weighted by molar-refractivity contribution is 5.98. The second kappa shape index (κ2) is 7.59. The number of carbonyl (C=O) groups excluding carboxylic acids is 2. The van der Waals surface area contributed by atoms with Gasteiger partial charge in [-0.2, -0.15) is 0 Å². The molecule has 2 N–H and O–H groups in total. The third kappa shape index (κ3) is 4.87. The van der Waals surface area contributed by atoms with Gasteiger partial charge in [0.2, 0.25) is 5.91 Å². The quantitative estimate of drug-likeness (QED) is 0.844. The molecule has 0 spiro atoms. The molecule has 0 aliphatic carbocycles. The molecule has 1 rings (SSSR count). The standard InChI is InChI=1S/C16H22N2O4/c1-10(2)18(4)16(22)13-9-12(6-5-11(13)3)17-14(19)7-8-15(20)21/h5-6,9-10H,7-8H2,1-4H3,(H,17,19)(H,20,21). The number of nitrogens with zero attached hydrogens (tertiary/aromatic N) is 1. The first-order chi connectivity index (χ1) is 10.2. The Kier molecular flexibility index (Phi) is 6.10. The minimum atomic E-state index is -1.02. The van der Waals surface area contributed by atoms with Crippen molar-refractivity contribution in [3.63, 3.8) is 0 Å². The monoisotopic (exact) mass is 306 g/mol. The first-order valence-electron chi connectivity index (χ1n) is 7.11. The molecule has 0 saturated carbocycles. The van der Waals surface area contributed by atoms with Crippen LogP contribution in [0.1, 0.15) is 42.6 Å². The molecule has 0 bridgehead atoms. The van der Waals surface area contributed by atoms with Crippen molar-refractivity contribution < 1.29 is 19.5 Å². The van der Waals surface area contributed by atoms with E-state index >= 15 is 0 Å². The fourth-order valence-electron chi connectivity index (χ4n) is 1.80. The first kappa shape index (κ1) is 17.7. The van der Waals surface area contributed by atoms with E-state index in [0.29, 0.717) is 11.3 Å². The predicted molar refractivity (Wildman–Crippen MR) is 83.9 cm³/mol. The van der Waals surface area contributed by atoms with Gasteiger partial charge in [0.05, 0.1) is 6.42 Å². The molecule has 0 saturated heterocycles. The molecule has 2 amide bonds. The molecule has 0 radical (unpaired) electrons. The minimum absolute atomic E-state index is 0.0701. The van der Waals surface area contributed by atoms with Gasteiger partial charge in [-0.1, -0.05) is 6.07 Å². The summed E-state index contributed by atoms with van der Waals surface area (Å²) in [4.78, 5) is 36.1. The Morgan fingerprint density at radius 2 is 1.86 bits per heavy atom. The fourth-order valence-corrected chi connectivity index (χ4v) is 1.80. The van der Waals surface area contributed by atoms with Gasteiger partial charge < -0.3 is 15.3 Å². The van der Waals surface area contributed by atoms with Crippen molar-refractivity contribution in [2.24, 2.45) is 0 Å². The number of amides is 2. The van der Waals surface area contributed by atoms with Gasteiger partial charge in [-0.3, -0.25) is 14.4 Å². The number of carboxylic acids is 1. The summed E-state index contributed by atoms with van der Waals surface area (Å²) in [6, 6.07) is 5.14. The Morgan fingerprint density at radius 1 is 1.23 bits per heavy atom. The zero-order chi connectivity index (χ0) is 16.9. The van der Waals surface area contributed by atoms with Crippen LogP contribution < -0.4 is 5.32 Å². The van der Waals surface area contributed by atoms with Gasteiger partial charge in [-0.25, -0.2) is 0 Å². The molecular formula is C16H22N2O4. The Bertz CT molecular complexity index is 582. The van der Waals surface area contributed by atoms with Crippen LogP contribution in [0.2, 0.25) is 0 Å². The number of aliphatic carboxylic acids is 1. The average molecular weight is 306 g/mol. The number of rotatable bonds is 6. The fraction of sp³-hybridized carbons (Fsp3) is 0.438. The lowest BCUT2D eigenvalue weighted by molar-refractivity contribution is -0.138. The summed E-state index contributed by atoms with van der Waals surface area (Å²) in [7, 11) is 1.73. The number of anilines is 1. The van der Waals surface area contributed by atoms with Crippen molar-refractivity contribution in [3.8, 4) is 0 Å². The van der Waals surface area contributed by atoms with Gasteiger partial charge in [-0.05, 0) is 38.5 Å². The molecule has 0 heterocycles. The van der Waals surface area contributed by atoms with E-state index in [0.717, 1.165) is 5.56 Å². The average Bonchev–Trinajstić information content (AvgIpc) is 2.45. The summed E-state index contributed by atoms with van der Waals surface area (Å²) in [6.45, 7) is 5.67. The van der Waals surface area contributed by atoms with Crippen LogP contribution in [0.5, 0.6) is 0 Å². The molecule has 0 atom stereocenters. The second-order valence-electron chi connectivity index (χ2n) is 5.48. The van der Waals surface area contributed by atoms with E-state index in [4.69, 9.17) is 5.11 Å². The molecule has 0 aliphatic rings. The van der Waals surface area contributed by atoms with Crippen molar-refractivity contribution in [2.75, 3.05) is 12.4 Å². The zero-order valence-electron chi connectivity index (χ0n) is 13.3. The Morgan fingerprint density at radius 3 is 2.41 bits per heavy atom. The summed E-state index contributed by atoms with van der Waals surface area (Å²) in [5, 5.41) is 11.2. The van der Waals surface area contributed by atoms with Gasteiger partial charge in [-0.15, -0.1) is 0 Å². The SMILES string of the molecule is Cc1ccc(NC(=O)CCC(=O)O)cc1C(=O)N(C)C(C)C. The summed E-state index contributed by atoms with van der Waals surface area (Å²) < 4.78 is 0. The van der Waals surface area contributed by atoms with Crippen LogP contribution in [0.15, 0.2) is 18.2 Å². The maximum Gasteiger partial charge on any atom is 0.303 e. The zero-order valence-corrected chi connectivity index (χ0v) is 13.3. The van der Waals surface area contributed by atoms with E-state index in [9.17, 15) is 14.4 Å². The lowest BCUT2D eigenvalue weighted by atomic mass is 10.1. The number of carbonyl (C=O) groups is 3. The molecule has 22 heavy (non-hydrogen) atoms. The van der Waals surface area contributed by atoms with E-state index in [1.54, 1.807) is 30.1 Å². The highest BCUT2D eigenvalue weighted by atomic mass is 16.4. The van der Waals surface area contributed by atoms with Crippen molar-refractivity contribution in [1.82, 2.24) is 4.90 Å². The van der Waals surface area contributed by atoms with E-state index in [1.807, 2.05) is 20.8 Å². The summed E-state index contributed by atoms with van der Waals surface area (Å²) in [5.41, 5.74) is 1.83. The lowest BCUT2D eigenvalue weighted by Crippen LogP contribution is -2.33. The Labute approximate surface area is 130 Å². The number of hydrogen-bond acceptors (Lipinski definition) is 3. The van der Waals surface area contributed by atoms with Crippen LogP contribution >= 0.6 is 0 Å². The van der Waals surface area contributed by atoms with Gasteiger partial charge >= 0.3 is 5.97 Å². The molecule has 0 aromatic heterocycles. The number of hydrogen-bond donors (Lipinski definition) is 2. The van der Waals surface area contributed by atoms with Gasteiger partial charge in [0.1, 0.15) is 0 Å². The maximum atomic E-state index is 12.4. The molecule has 0 fully saturated rings. The van der Waals surface area contributed by atoms with Crippen LogP contribution in [0, 0.1) is 6.92 Å². The van der Waals surface area contributed by atoms with E-state index in [2.05, 4.69) is 5.32 Å². The molecule has 1 aromatic rings. The Balaban J connectivity index is 2.88. The van der Waals surface area contributed by atoms with Crippen molar-refractivity contribution in [2.45, 2.75) is 39.7 Å². The second-order valence-corrected chi connectivity index (χ2v) is 5.48. The minimum Gasteiger partial charge on any atom is -0.481 e. The van der Waals surface area contributed by atoms with Crippen LogP contribution in [-0.4, -0.2) is 40.9 Å². The van der Waals surface area contributed by atoms with Crippen LogP contribution in [0.3, 0.4) is 0 Å². The summed E-state index contributed by atoms with van der Waals surface area (Å²) in [6.07, 6.45) is -0.321. The van der Waals surface area contributed by atoms with Crippen LogP contribution in [0.4, 0.5) is 5.69 Å². The topological polar surface area (TPSA) is 86.7 Å². The van der Waals surface area contributed by atoms with Crippen LogP contribution in [0.25, 0.3) is 0 Å². The first-order valence-corrected chi connectivity index (χ1v) is 7.11. The summed E-state index contributed by atoms with van der Waals surface area (Å²) in [5.74, 6) is -1.52. The molecule has 0 aliphatic heterocycles. The van der Waals surface area contributed by atoms with Crippen molar-refractivity contribution in [1.29, 1.82) is 0 Å². The van der Waals surface area contributed by atoms with Crippen LogP contribution in [-0.2, 0) is 9.59 Å². The molecule has 0 unspecified atom stereocenters. The van der Waals surface area contributed by atoms with Gasteiger partial charge in [0.15, 0.2) is 0 Å². The number of nitrogens with one attached hydrogen (secondary N) is 1. The van der Waals surface area contributed by atoms with Gasteiger partial charge in [0.25, 0.3) is 5.91 Å². The number of benzene rings is 1. The molecule has 1 aromatic carbocycles. The predicted octanol–water partition coefficient (Wildman–Crippen LogP) is 2.28. The van der Waals surface area contributed by atoms with E-state index in [-0.39, 0.29) is 30.7 Å². The van der Waals surface area contributed by atoms with E-state index in [1.165, 1.54) is 0 Å². The Hall–Kier alpha value is -2.37. The third-order valence-electron chi connectivity index (χ3n) is 3.41. The molecule has 120 valence electrons. The van der Waals surface area contributed by atoms with Crippen molar-refractivity contribution in [3.05, 3.63) is 29.3 Å². The van der Waals surface area contributed by atoms with E-state index < -0.39 is 5.97 Å². The smallest absolute Gasteiger partial charge is 0.303 e. The summed E-state index contributed by atoms with van der Waals surface area (Å²) >= 11 is 0. The number of aryl methyl sites for hydroxylation is 1.